The molecule has 0 heterocycles. The molecule has 0 amide bonds. The minimum Gasteiger partial charge on any atom is -0.0741 e. The van der Waals surface area contributed by atoms with Crippen LogP contribution in [0.2, 0.25) is 0 Å². The minimum absolute atomic E-state index is 0.892. The molecule has 0 aromatic carbocycles. The highest BCUT2D eigenvalue weighted by atomic mass is 14.3. The Kier molecular flexibility index (Phi) is 3.37. The minimum atomic E-state index is 0.892. The Morgan fingerprint density at radius 3 is 2.58 bits per heavy atom. The molecule has 0 heteroatoms. The fourth-order valence-electron chi connectivity index (χ4n) is 2.40. The molecular weight excluding hydrogens is 144 g/mol. The highest BCUT2D eigenvalue weighted by Crippen LogP contribution is 2.36. The van der Waals surface area contributed by atoms with Gasteiger partial charge in [0.15, 0.2) is 0 Å². The van der Waals surface area contributed by atoms with Crippen molar-refractivity contribution in [2.24, 2.45) is 11.8 Å². The fraction of sp³-hybridized carbons (Fsp3) is 0.833. The predicted molar refractivity (Wildman–Crippen MR) is 55.2 cm³/mol. The van der Waals surface area contributed by atoms with E-state index in [1.807, 2.05) is 0 Å². The van der Waals surface area contributed by atoms with Crippen molar-refractivity contribution in [1.82, 2.24) is 0 Å². The first kappa shape index (κ1) is 9.83. The van der Waals surface area contributed by atoms with E-state index in [2.05, 4.69) is 27.7 Å². The molecule has 0 radical (unpaired) electrons. The highest BCUT2D eigenvalue weighted by Gasteiger charge is 2.23. The zero-order valence-corrected chi connectivity index (χ0v) is 8.98. The van der Waals surface area contributed by atoms with E-state index in [0.29, 0.717) is 0 Å². The van der Waals surface area contributed by atoms with Crippen LogP contribution >= 0.6 is 0 Å². The lowest BCUT2D eigenvalue weighted by molar-refractivity contribution is 0.337. The van der Waals surface area contributed by atoms with Crippen molar-refractivity contribution in [2.45, 2.75) is 53.4 Å². The van der Waals surface area contributed by atoms with Gasteiger partial charge in [-0.05, 0) is 44.9 Å². The molecule has 0 nitrogen and oxygen atoms in total. The Bertz CT molecular complexity index is 176. The molecule has 1 aliphatic rings. The average molecular weight is 166 g/mol. The molecule has 2 unspecified atom stereocenters. The van der Waals surface area contributed by atoms with Crippen molar-refractivity contribution in [3.63, 3.8) is 0 Å². The van der Waals surface area contributed by atoms with Crippen LogP contribution in [-0.2, 0) is 0 Å². The Hall–Kier alpha value is -0.260. The van der Waals surface area contributed by atoms with Gasteiger partial charge in [-0.15, -0.1) is 0 Å². The molecule has 70 valence electrons. The smallest absolute Gasteiger partial charge is 0.0178 e. The molecule has 0 aromatic rings. The van der Waals surface area contributed by atoms with E-state index >= 15 is 0 Å². The van der Waals surface area contributed by atoms with E-state index in [1.165, 1.54) is 25.7 Å². The lowest BCUT2D eigenvalue weighted by Crippen LogP contribution is -2.18. The van der Waals surface area contributed by atoms with Gasteiger partial charge in [0, 0.05) is 0 Å². The number of hydrogen-bond donors (Lipinski definition) is 0. The second-order valence-electron chi connectivity index (χ2n) is 4.37. The van der Waals surface area contributed by atoms with Gasteiger partial charge in [0.25, 0.3) is 0 Å². The van der Waals surface area contributed by atoms with Gasteiger partial charge in [-0.2, -0.15) is 0 Å². The maximum Gasteiger partial charge on any atom is -0.0178 e. The number of rotatable bonds is 2. The van der Waals surface area contributed by atoms with Crippen LogP contribution in [0, 0.1) is 11.8 Å². The van der Waals surface area contributed by atoms with Crippen molar-refractivity contribution >= 4 is 0 Å². The molecule has 0 saturated heterocycles. The Balaban J connectivity index is 2.71. The number of allylic oxidation sites excluding steroid dienone is 2. The molecule has 1 rings (SSSR count). The zero-order chi connectivity index (χ0) is 9.14. The molecule has 2 atom stereocenters. The van der Waals surface area contributed by atoms with Crippen molar-refractivity contribution in [3.05, 3.63) is 11.1 Å². The zero-order valence-electron chi connectivity index (χ0n) is 8.98. The largest absolute Gasteiger partial charge is 0.0741 e. The van der Waals surface area contributed by atoms with Crippen LogP contribution in [0.5, 0.6) is 0 Å². The van der Waals surface area contributed by atoms with E-state index in [1.54, 1.807) is 11.1 Å². The molecule has 0 aliphatic heterocycles. The van der Waals surface area contributed by atoms with Crippen LogP contribution in [0.25, 0.3) is 0 Å². The van der Waals surface area contributed by atoms with Crippen molar-refractivity contribution in [2.75, 3.05) is 0 Å². The Labute approximate surface area is 77.1 Å². The van der Waals surface area contributed by atoms with E-state index < -0.39 is 0 Å². The summed E-state index contributed by atoms with van der Waals surface area (Å²) in [6.07, 6.45) is 5.48. The molecule has 1 aliphatic carbocycles. The Morgan fingerprint density at radius 1 is 1.33 bits per heavy atom. The lowest BCUT2D eigenvalue weighted by atomic mass is 9.75. The summed E-state index contributed by atoms with van der Waals surface area (Å²) >= 11 is 0. The quantitative estimate of drug-likeness (QED) is 0.540. The SMILES string of the molecule is CCCC1C(C)=C(C)CCC1C. The molecule has 0 N–H and O–H groups in total. The monoisotopic (exact) mass is 166 g/mol. The van der Waals surface area contributed by atoms with Crippen LogP contribution in [0.15, 0.2) is 11.1 Å². The summed E-state index contributed by atoms with van der Waals surface area (Å²) in [5.41, 5.74) is 3.35. The van der Waals surface area contributed by atoms with Gasteiger partial charge < -0.3 is 0 Å². The Morgan fingerprint density at radius 2 is 2.00 bits per heavy atom. The summed E-state index contributed by atoms with van der Waals surface area (Å²) in [6.45, 7) is 9.36. The topological polar surface area (TPSA) is 0 Å². The second kappa shape index (κ2) is 4.11. The van der Waals surface area contributed by atoms with Crippen molar-refractivity contribution < 1.29 is 0 Å². The maximum atomic E-state index is 2.41. The molecule has 12 heavy (non-hydrogen) atoms. The van der Waals surface area contributed by atoms with Gasteiger partial charge in [0.1, 0.15) is 0 Å². The fourth-order valence-corrected chi connectivity index (χ4v) is 2.40. The predicted octanol–water partition coefficient (Wildman–Crippen LogP) is 4.17. The van der Waals surface area contributed by atoms with E-state index in [9.17, 15) is 0 Å². The van der Waals surface area contributed by atoms with Crippen LogP contribution in [0.3, 0.4) is 0 Å². The summed E-state index contributed by atoms with van der Waals surface area (Å²) in [6, 6.07) is 0. The molecule has 0 bridgehead atoms. The van der Waals surface area contributed by atoms with E-state index in [0.717, 1.165) is 11.8 Å². The summed E-state index contributed by atoms with van der Waals surface area (Å²) in [5, 5.41) is 0. The summed E-state index contributed by atoms with van der Waals surface area (Å²) in [7, 11) is 0. The third-order valence-electron chi connectivity index (χ3n) is 3.49. The highest BCUT2D eigenvalue weighted by molar-refractivity contribution is 5.17. The summed E-state index contributed by atoms with van der Waals surface area (Å²) in [4.78, 5) is 0. The van der Waals surface area contributed by atoms with Crippen LogP contribution in [-0.4, -0.2) is 0 Å². The third kappa shape index (κ3) is 1.91. The van der Waals surface area contributed by atoms with Crippen molar-refractivity contribution in [1.29, 1.82) is 0 Å². The first-order chi connectivity index (χ1) is 5.66. The van der Waals surface area contributed by atoms with Gasteiger partial charge in [-0.25, -0.2) is 0 Å². The van der Waals surface area contributed by atoms with Gasteiger partial charge in [-0.3, -0.25) is 0 Å². The van der Waals surface area contributed by atoms with Gasteiger partial charge in [0.05, 0.1) is 0 Å². The molecule has 0 fully saturated rings. The van der Waals surface area contributed by atoms with Gasteiger partial charge in [-0.1, -0.05) is 31.4 Å². The normalized spacial score (nSPS) is 31.0. The van der Waals surface area contributed by atoms with E-state index in [4.69, 9.17) is 0 Å². The maximum absolute atomic E-state index is 2.41. The second-order valence-corrected chi connectivity index (χ2v) is 4.37. The summed E-state index contributed by atoms with van der Waals surface area (Å²) in [5.74, 6) is 1.82. The first-order valence-electron chi connectivity index (χ1n) is 5.33. The standard InChI is InChI=1S/C12H22/c1-5-6-12-10(3)8-7-9(2)11(12)4/h10,12H,5-8H2,1-4H3. The van der Waals surface area contributed by atoms with Gasteiger partial charge >= 0.3 is 0 Å². The van der Waals surface area contributed by atoms with Crippen LogP contribution in [0.1, 0.15) is 53.4 Å². The molecule has 0 aromatic heterocycles. The molecular formula is C12H22. The lowest BCUT2D eigenvalue weighted by Gasteiger charge is -2.31. The van der Waals surface area contributed by atoms with Gasteiger partial charge in [0.2, 0.25) is 0 Å². The summed E-state index contributed by atoms with van der Waals surface area (Å²) < 4.78 is 0. The van der Waals surface area contributed by atoms with Crippen molar-refractivity contribution in [3.8, 4) is 0 Å². The number of hydrogen-bond acceptors (Lipinski definition) is 0. The van der Waals surface area contributed by atoms with Crippen LogP contribution < -0.4 is 0 Å². The average Bonchev–Trinajstić information content (AvgIpc) is 2.06. The van der Waals surface area contributed by atoms with E-state index in [-0.39, 0.29) is 0 Å². The molecule has 0 saturated carbocycles. The first-order valence-corrected chi connectivity index (χ1v) is 5.33. The van der Waals surface area contributed by atoms with Crippen LogP contribution in [0.4, 0.5) is 0 Å². The molecule has 0 spiro atoms. The third-order valence-corrected chi connectivity index (χ3v) is 3.49.